The first-order valence-electron chi connectivity index (χ1n) is 13.4. The van der Waals surface area contributed by atoms with Gasteiger partial charge < -0.3 is 20.1 Å². The Morgan fingerprint density at radius 1 is 0.683 bits per heavy atom. The van der Waals surface area contributed by atoms with Gasteiger partial charge in [0.05, 0.1) is 16.4 Å². The third-order valence-electron chi connectivity index (χ3n) is 7.26. The first-order valence-corrected chi connectivity index (χ1v) is 13.4. The molecule has 202 valence electrons. The highest BCUT2D eigenvalue weighted by Crippen LogP contribution is 2.41. The summed E-state index contributed by atoms with van der Waals surface area (Å²) in [7, 11) is 0. The van der Waals surface area contributed by atoms with Gasteiger partial charge in [0.1, 0.15) is 5.75 Å². The van der Waals surface area contributed by atoms with E-state index < -0.39 is 18.5 Å². The van der Waals surface area contributed by atoms with Crippen molar-refractivity contribution in [2.24, 2.45) is 5.73 Å². The van der Waals surface area contributed by atoms with Crippen molar-refractivity contribution in [3.8, 4) is 16.9 Å². The molecule has 0 fully saturated rings. The minimum absolute atomic E-state index is 0.358. The van der Waals surface area contributed by atoms with Gasteiger partial charge >= 0.3 is 5.97 Å². The molecule has 0 bridgehead atoms. The third-order valence-corrected chi connectivity index (χ3v) is 7.26. The Kier molecular flexibility index (Phi) is 6.96. The maximum absolute atomic E-state index is 12.6. The van der Waals surface area contributed by atoms with E-state index in [0.717, 1.165) is 34.1 Å². The molecule has 5 aromatic carbocycles. The van der Waals surface area contributed by atoms with Crippen LogP contribution in [0, 0.1) is 0 Å². The van der Waals surface area contributed by atoms with Crippen LogP contribution in [0.2, 0.25) is 0 Å². The summed E-state index contributed by atoms with van der Waals surface area (Å²) in [5, 5.41) is 10.7. The second-order valence-corrected chi connectivity index (χ2v) is 10.0. The van der Waals surface area contributed by atoms with Gasteiger partial charge in [0.25, 0.3) is 0 Å². The third kappa shape index (κ3) is 5.28. The zero-order chi connectivity index (χ0) is 28.3. The number of fused-ring (bicyclic) bond motifs is 3. The molecule has 0 aliphatic carbocycles. The summed E-state index contributed by atoms with van der Waals surface area (Å²) in [5.74, 6) is -1.26. The number of carboxylic acid groups (broad SMARTS) is 1. The van der Waals surface area contributed by atoms with Crippen LogP contribution in [0.3, 0.4) is 0 Å². The van der Waals surface area contributed by atoms with Gasteiger partial charge in [-0.25, -0.2) is 4.79 Å². The number of aromatic nitrogens is 1. The Bertz CT molecular complexity index is 1890. The number of rotatable bonds is 9. The predicted molar refractivity (Wildman–Crippen MR) is 161 cm³/mol. The Morgan fingerprint density at radius 2 is 1.37 bits per heavy atom. The molecule has 1 heterocycles. The molecule has 3 N–H and O–H groups in total. The van der Waals surface area contributed by atoms with E-state index in [1.54, 1.807) is 6.07 Å². The number of nitrogens with zero attached hydrogens (tertiary/aromatic N) is 1. The van der Waals surface area contributed by atoms with Crippen molar-refractivity contribution in [3.63, 3.8) is 0 Å². The first-order chi connectivity index (χ1) is 20.0. The number of hydrogen-bond acceptors (Lipinski definition) is 3. The molecule has 0 unspecified atom stereocenters. The van der Waals surface area contributed by atoms with Crippen LogP contribution in [0.1, 0.15) is 27.0 Å². The monoisotopic (exact) mass is 540 g/mol. The molecule has 6 nitrogen and oxygen atoms in total. The maximum Gasteiger partial charge on any atom is 0.341 e. The summed E-state index contributed by atoms with van der Waals surface area (Å²) < 4.78 is 8.02. The molecule has 41 heavy (non-hydrogen) atoms. The van der Waals surface area contributed by atoms with E-state index in [9.17, 15) is 14.7 Å². The van der Waals surface area contributed by atoms with E-state index in [0.29, 0.717) is 28.6 Å². The molecule has 0 spiro atoms. The van der Waals surface area contributed by atoms with Crippen LogP contribution in [0.25, 0.3) is 32.9 Å². The van der Waals surface area contributed by atoms with Crippen molar-refractivity contribution in [3.05, 3.63) is 138 Å². The van der Waals surface area contributed by atoms with Gasteiger partial charge in [0, 0.05) is 17.5 Å². The first kappa shape index (κ1) is 25.9. The zero-order valence-electron chi connectivity index (χ0n) is 22.3. The molecular weight excluding hydrogens is 512 g/mol. The molecular formula is C35H28N2O4. The van der Waals surface area contributed by atoms with E-state index in [4.69, 9.17) is 10.5 Å². The number of carboxylic acids is 1. The maximum atomic E-state index is 12.6. The van der Waals surface area contributed by atoms with E-state index in [1.807, 2.05) is 66.7 Å². The van der Waals surface area contributed by atoms with Crippen LogP contribution in [0.5, 0.6) is 5.75 Å². The lowest BCUT2D eigenvalue weighted by Gasteiger charge is -2.13. The molecule has 0 aliphatic rings. The number of amides is 1. The Balaban J connectivity index is 1.57. The fourth-order valence-corrected chi connectivity index (χ4v) is 5.50. The Morgan fingerprint density at radius 3 is 2.10 bits per heavy atom. The fourth-order valence-electron chi connectivity index (χ4n) is 5.50. The second kappa shape index (κ2) is 11.0. The minimum Gasteiger partial charge on any atom is -0.481 e. The molecule has 6 heteroatoms. The van der Waals surface area contributed by atoms with Gasteiger partial charge in [-0.15, -0.1) is 0 Å². The summed E-state index contributed by atoms with van der Waals surface area (Å²) in [5.41, 5.74) is 13.2. The summed E-state index contributed by atoms with van der Waals surface area (Å²) in [4.78, 5) is 24.1. The molecule has 6 rings (SSSR count). The SMILES string of the molecule is NC(=O)c1cccc2c1c1c(OCC(=O)O)cc(-c3ccccc3)cc1n2Cc1cccc(Cc2ccccc2)c1. The van der Waals surface area contributed by atoms with E-state index in [1.165, 1.54) is 11.1 Å². The molecule has 6 aromatic rings. The highest BCUT2D eigenvalue weighted by molar-refractivity contribution is 6.20. The number of primary amides is 1. The van der Waals surface area contributed by atoms with E-state index in [-0.39, 0.29) is 0 Å². The largest absolute Gasteiger partial charge is 0.481 e. The zero-order valence-corrected chi connectivity index (χ0v) is 22.3. The number of carbonyl (C=O) groups is 2. The van der Waals surface area contributed by atoms with Gasteiger partial charge in [-0.1, -0.05) is 91.0 Å². The normalized spacial score (nSPS) is 11.1. The van der Waals surface area contributed by atoms with Crippen LogP contribution in [0.15, 0.2) is 115 Å². The Hall–Kier alpha value is -5.36. The van der Waals surface area contributed by atoms with Crippen molar-refractivity contribution in [1.82, 2.24) is 4.57 Å². The summed E-state index contributed by atoms with van der Waals surface area (Å²) in [6.45, 7) is 0.0156. The molecule has 0 atom stereocenters. The van der Waals surface area contributed by atoms with Crippen LogP contribution < -0.4 is 10.5 Å². The van der Waals surface area contributed by atoms with Gasteiger partial charge in [0.15, 0.2) is 6.61 Å². The summed E-state index contributed by atoms with van der Waals surface area (Å²) >= 11 is 0. The highest BCUT2D eigenvalue weighted by atomic mass is 16.5. The lowest BCUT2D eigenvalue weighted by Crippen LogP contribution is -2.11. The van der Waals surface area contributed by atoms with Crippen LogP contribution in [0.4, 0.5) is 0 Å². The molecule has 0 aliphatic heterocycles. The molecule has 0 saturated carbocycles. The topological polar surface area (TPSA) is 94.6 Å². The number of hydrogen-bond donors (Lipinski definition) is 2. The molecule has 0 radical (unpaired) electrons. The highest BCUT2D eigenvalue weighted by Gasteiger charge is 2.22. The number of benzene rings is 5. The lowest BCUT2D eigenvalue weighted by atomic mass is 10.0. The van der Waals surface area contributed by atoms with Gasteiger partial charge in [-0.3, -0.25) is 4.79 Å². The molecule has 0 saturated heterocycles. The number of nitrogens with two attached hydrogens (primary N) is 1. The summed E-state index contributed by atoms with van der Waals surface area (Å²) in [6, 6.07) is 38.0. The van der Waals surface area contributed by atoms with E-state index >= 15 is 0 Å². The van der Waals surface area contributed by atoms with Crippen molar-refractivity contribution in [2.75, 3.05) is 6.61 Å². The lowest BCUT2D eigenvalue weighted by molar-refractivity contribution is -0.139. The molecule has 1 aromatic heterocycles. The van der Waals surface area contributed by atoms with Crippen molar-refractivity contribution >= 4 is 33.7 Å². The van der Waals surface area contributed by atoms with Gasteiger partial charge in [0.2, 0.25) is 5.91 Å². The van der Waals surface area contributed by atoms with Crippen LogP contribution in [-0.2, 0) is 17.8 Å². The number of aliphatic carboxylic acids is 1. The van der Waals surface area contributed by atoms with Gasteiger partial charge in [-0.2, -0.15) is 0 Å². The molecule has 1 amide bonds. The predicted octanol–water partition coefficient (Wildman–Crippen LogP) is 6.66. The fraction of sp³-hybridized carbons (Fsp3) is 0.0857. The van der Waals surface area contributed by atoms with Crippen molar-refractivity contribution in [2.45, 2.75) is 13.0 Å². The Labute approximate surface area is 237 Å². The standard InChI is InChI=1S/C35H28N2O4/c36-35(40)28-15-8-16-29-33(28)34-30(19-27(26-13-5-2-6-14-26)20-31(34)41-22-32(38)39)37(29)21-25-12-7-11-24(18-25)17-23-9-3-1-4-10-23/h1-16,18-20H,17,21-22H2,(H2,36,40)(H,38,39). The summed E-state index contributed by atoms with van der Waals surface area (Å²) in [6.07, 6.45) is 0.818. The number of carbonyl (C=O) groups excluding carboxylic acids is 1. The number of ether oxygens (including phenoxy) is 1. The second-order valence-electron chi connectivity index (χ2n) is 10.0. The minimum atomic E-state index is -1.09. The van der Waals surface area contributed by atoms with Crippen LogP contribution in [-0.4, -0.2) is 28.2 Å². The van der Waals surface area contributed by atoms with Gasteiger partial charge in [-0.05, 0) is 58.5 Å². The average molecular weight is 541 g/mol. The smallest absolute Gasteiger partial charge is 0.341 e. The quantitative estimate of drug-likeness (QED) is 0.214. The van der Waals surface area contributed by atoms with Crippen LogP contribution >= 0.6 is 0 Å². The van der Waals surface area contributed by atoms with E-state index in [2.05, 4.69) is 47.0 Å². The average Bonchev–Trinajstić information content (AvgIpc) is 3.30. The van der Waals surface area contributed by atoms with Crippen molar-refractivity contribution in [1.29, 1.82) is 0 Å². The van der Waals surface area contributed by atoms with Crippen molar-refractivity contribution < 1.29 is 19.4 Å².